The highest BCUT2D eigenvalue weighted by Crippen LogP contribution is 2.12. The van der Waals surface area contributed by atoms with Gasteiger partial charge in [-0.1, -0.05) is 18.2 Å². The normalized spacial score (nSPS) is 18.1. The minimum Gasteiger partial charge on any atom is -0.481 e. The van der Waals surface area contributed by atoms with Crippen LogP contribution in [0, 0.1) is 5.92 Å². The Balaban J connectivity index is 1.88. The molecule has 0 spiro atoms. The summed E-state index contributed by atoms with van der Waals surface area (Å²) in [4.78, 5) is 28.0. The Kier molecular flexibility index (Phi) is 6.55. The second-order valence-electron chi connectivity index (χ2n) is 6.11. The second-order valence-corrected chi connectivity index (χ2v) is 6.11. The number of nitrogens with zero attached hydrogens (tertiary/aromatic N) is 2. The first kappa shape index (κ1) is 17.4. The maximum Gasteiger partial charge on any atom is 0.308 e. The van der Waals surface area contributed by atoms with Crippen LogP contribution in [0.2, 0.25) is 0 Å². The van der Waals surface area contributed by atoms with Gasteiger partial charge < -0.3 is 20.2 Å². The molecule has 126 valence electrons. The lowest BCUT2D eigenvalue weighted by Gasteiger charge is -2.23. The lowest BCUT2D eigenvalue weighted by molar-refractivity contribution is -0.144. The van der Waals surface area contributed by atoms with Crippen molar-refractivity contribution < 1.29 is 14.7 Å². The summed E-state index contributed by atoms with van der Waals surface area (Å²) < 4.78 is 0. The molecule has 1 fully saturated rings. The molecule has 2 N–H and O–H groups in total. The summed E-state index contributed by atoms with van der Waals surface area (Å²) in [6.45, 7) is 4.12. The minimum absolute atomic E-state index is 0.00341. The van der Waals surface area contributed by atoms with Gasteiger partial charge in [-0.15, -0.1) is 0 Å². The summed E-state index contributed by atoms with van der Waals surface area (Å²) in [5.41, 5.74) is 0.693. The Bertz CT molecular complexity index is 521. The molecule has 1 unspecified atom stereocenters. The number of carboxylic acid groups (broad SMARTS) is 1. The monoisotopic (exact) mass is 319 g/mol. The summed E-state index contributed by atoms with van der Waals surface area (Å²) in [5, 5.41) is 12.2. The van der Waals surface area contributed by atoms with Crippen LogP contribution in [0.3, 0.4) is 0 Å². The van der Waals surface area contributed by atoms with E-state index in [0.717, 1.165) is 32.6 Å². The Hall–Kier alpha value is -1.92. The van der Waals surface area contributed by atoms with Gasteiger partial charge in [0.25, 0.3) is 0 Å². The second kappa shape index (κ2) is 8.64. The van der Waals surface area contributed by atoms with Crippen molar-refractivity contribution in [2.24, 2.45) is 5.92 Å². The number of benzene rings is 1. The highest BCUT2D eigenvalue weighted by molar-refractivity contribution is 5.93. The Morgan fingerprint density at radius 1 is 1.17 bits per heavy atom. The first-order chi connectivity index (χ1) is 11.0. The van der Waals surface area contributed by atoms with Crippen molar-refractivity contribution in [3.63, 3.8) is 0 Å². The first-order valence-electron chi connectivity index (χ1n) is 8.03. The molecule has 1 heterocycles. The molecular weight excluding hydrogens is 294 g/mol. The molecule has 1 atom stereocenters. The molecule has 0 radical (unpaired) electrons. The Labute approximate surface area is 137 Å². The molecule has 0 aliphatic carbocycles. The average Bonchev–Trinajstić information content (AvgIpc) is 2.72. The number of aliphatic carboxylic acids is 1. The first-order valence-corrected chi connectivity index (χ1v) is 8.03. The summed E-state index contributed by atoms with van der Waals surface area (Å²) in [6.07, 6.45) is 1.02. The molecule has 1 aliphatic rings. The van der Waals surface area contributed by atoms with E-state index in [1.165, 1.54) is 0 Å². The van der Waals surface area contributed by atoms with Gasteiger partial charge in [-0.25, -0.2) is 0 Å². The molecule has 1 aromatic carbocycles. The summed E-state index contributed by atoms with van der Waals surface area (Å²) >= 11 is 0. The highest BCUT2D eigenvalue weighted by atomic mass is 16.4. The van der Waals surface area contributed by atoms with E-state index < -0.39 is 11.9 Å². The Morgan fingerprint density at radius 3 is 2.61 bits per heavy atom. The van der Waals surface area contributed by atoms with Crippen molar-refractivity contribution in [3.8, 4) is 0 Å². The molecule has 23 heavy (non-hydrogen) atoms. The van der Waals surface area contributed by atoms with Gasteiger partial charge in [0.2, 0.25) is 5.91 Å². The maximum absolute atomic E-state index is 12.1. The topological polar surface area (TPSA) is 72.9 Å². The number of para-hydroxylation sites is 1. The molecular formula is C17H25N3O3. The molecule has 0 saturated carbocycles. The highest BCUT2D eigenvalue weighted by Gasteiger charge is 2.25. The number of carbonyl (C=O) groups is 2. The minimum atomic E-state index is -0.911. The fraction of sp³-hybridized carbons (Fsp3) is 0.529. The fourth-order valence-electron chi connectivity index (χ4n) is 2.78. The van der Waals surface area contributed by atoms with Crippen LogP contribution in [0.5, 0.6) is 0 Å². The van der Waals surface area contributed by atoms with Gasteiger partial charge in [0.1, 0.15) is 0 Å². The summed E-state index contributed by atoms with van der Waals surface area (Å²) in [6, 6.07) is 9.11. The zero-order valence-electron chi connectivity index (χ0n) is 13.6. The van der Waals surface area contributed by atoms with Gasteiger partial charge >= 0.3 is 5.97 Å². The largest absolute Gasteiger partial charge is 0.481 e. The molecule has 2 rings (SSSR count). The third-order valence-electron chi connectivity index (χ3n) is 4.13. The van der Waals surface area contributed by atoms with E-state index in [1.54, 1.807) is 12.1 Å². The number of carbonyl (C=O) groups excluding carboxylic acids is 1. The van der Waals surface area contributed by atoms with Gasteiger partial charge in [-0.05, 0) is 38.7 Å². The molecule has 1 aliphatic heterocycles. The third kappa shape index (κ3) is 6.00. The van der Waals surface area contributed by atoms with Gasteiger partial charge in [-0.3, -0.25) is 9.59 Å². The quantitative estimate of drug-likeness (QED) is 0.828. The SMILES string of the molecule is CN1CCCN(CC(CC(=O)Nc2ccccc2)C(=O)O)CC1. The van der Waals surface area contributed by atoms with Crippen LogP contribution in [0.25, 0.3) is 0 Å². The van der Waals surface area contributed by atoms with Crippen LogP contribution in [-0.2, 0) is 9.59 Å². The van der Waals surface area contributed by atoms with Crippen molar-refractivity contribution >= 4 is 17.6 Å². The van der Waals surface area contributed by atoms with E-state index in [4.69, 9.17) is 0 Å². The molecule has 1 aromatic rings. The van der Waals surface area contributed by atoms with Gasteiger partial charge in [-0.2, -0.15) is 0 Å². The standard InChI is InChI=1S/C17H25N3O3/c1-19-8-5-9-20(11-10-19)13-14(17(22)23)12-16(21)18-15-6-3-2-4-7-15/h2-4,6-7,14H,5,8-13H2,1H3,(H,18,21)(H,22,23). The van der Waals surface area contributed by atoms with E-state index >= 15 is 0 Å². The predicted molar refractivity (Wildman–Crippen MR) is 89.4 cm³/mol. The maximum atomic E-state index is 12.1. The van der Waals surface area contributed by atoms with Crippen molar-refractivity contribution in [2.75, 3.05) is 45.1 Å². The summed E-state index contributed by atoms with van der Waals surface area (Å²) in [7, 11) is 2.07. The van der Waals surface area contributed by atoms with E-state index in [9.17, 15) is 14.7 Å². The number of hydrogen-bond acceptors (Lipinski definition) is 4. The average molecular weight is 319 g/mol. The lowest BCUT2D eigenvalue weighted by Crippen LogP contribution is -2.37. The number of carboxylic acids is 1. The zero-order valence-corrected chi connectivity index (χ0v) is 13.6. The zero-order chi connectivity index (χ0) is 16.7. The third-order valence-corrected chi connectivity index (χ3v) is 4.13. The molecule has 1 saturated heterocycles. The van der Waals surface area contributed by atoms with Crippen LogP contribution in [0.1, 0.15) is 12.8 Å². The number of likely N-dealkylation sites (N-methyl/N-ethyl adjacent to an activating group) is 1. The number of anilines is 1. The molecule has 0 aromatic heterocycles. The van der Waals surface area contributed by atoms with Gasteiger partial charge in [0, 0.05) is 31.7 Å². The number of nitrogens with one attached hydrogen (secondary N) is 1. The van der Waals surface area contributed by atoms with E-state index in [-0.39, 0.29) is 12.3 Å². The van der Waals surface area contributed by atoms with E-state index in [1.807, 2.05) is 18.2 Å². The van der Waals surface area contributed by atoms with Gasteiger partial charge in [0.15, 0.2) is 0 Å². The van der Waals surface area contributed by atoms with Crippen molar-refractivity contribution in [1.82, 2.24) is 9.80 Å². The van der Waals surface area contributed by atoms with E-state index in [2.05, 4.69) is 22.2 Å². The lowest BCUT2D eigenvalue weighted by atomic mass is 10.0. The van der Waals surface area contributed by atoms with Crippen LogP contribution in [0.4, 0.5) is 5.69 Å². The van der Waals surface area contributed by atoms with Crippen LogP contribution in [-0.4, -0.2) is 66.6 Å². The molecule has 6 nitrogen and oxygen atoms in total. The number of amides is 1. The van der Waals surface area contributed by atoms with Crippen molar-refractivity contribution in [3.05, 3.63) is 30.3 Å². The summed E-state index contributed by atoms with van der Waals surface area (Å²) in [5.74, 6) is -1.84. The van der Waals surface area contributed by atoms with Gasteiger partial charge in [0.05, 0.1) is 5.92 Å². The van der Waals surface area contributed by atoms with E-state index in [0.29, 0.717) is 12.2 Å². The molecule has 6 heteroatoms. The molecule has 1 amide bonds. The van der Waals surface area contributed by atoms with Crippen molar-refractivity contribution in [2.45, 2.75) is 12.8 Å². The predicted octanol–water partition coefficient (Wildman–Crippen LogP) is 1.35. The Morgan fingerprint density at radius 2 is 1.91 bits per heavy atom. The van der Waals surface area contributed by atoms with Crippen LogP contribution < -0.4 is 5.32 Å². The molecule has 0 bridgehead atoms. The smallest absolute Gasteiger partial charge is 0.308 e. The fourth-order valence-corrected chi connectivity index (χ4v) is 2.78. The van der Waals surface area contributed by atoms with Crippen LogP contribution >= 0.6 is 0 Å². The van der Waals surface area contributed by atoms with Crippen molar-refractivity contribution in [1.29, 1.82) is 0 Å². The number of hydrogen-bond donors (Lipinski definition) is 2. The van der Waals surface area contributed by atoms with Crippen LogP contribution in [0.15, 0.2) is 30.3 Å². The number of rotatable bonds is 6.